The number of rotatable bonds is 4. The molecule has 2 aromatic heterocycles. The number of nitrogens with zero attached hydrogens (tertiary/aromatic N) is 3. The van der Waals surface area contributed by atoms with Crippen LogP contribution >= 0.6 is 0 Å². The predicted octanol–water partition coefficient (Wildman–Crippen LogP) is 3.42. The molecule has 4 rings (SSSR count). The fraction of sp³-hybridized carbons (Fsp3) is 0.455. The number of carboxylic acids is 2. The monoisotopic (exact) mass is 539 g/mol. The van der Waals surface area contributed by atoms with Gasteiger partial charge in [-0.15, -0.1) is 0 Å². The molecule has 204 valence electrons. The van der Waals surface area contributed by atoms with Crippen LogP contribution in [0, 0.1) is 11.8 Å². The Labute approximate surface area is 206 Å². The molecule has 2 fully saturated rings. The quantitative estimate of drug-likeness (QED) is 0.567. The van der Waals surface area contributed by atoms with Crippen molar-refractivity contribution < 1.29 is 55.4 Å². The normalized spacial score (nSPS) is 19.7. The van der Waals surface area contributed by atoms with Gasteiger partial charge in [0.25, 0.3) is 0 Å². The predicted molar refractivity (Wildman–Crippen MR) is 113 cm³/mol. The zero-order valence-corrected chi connectivity index (χ0v) is 19.1. The van der Waals surface area contributed by atoms with E-state index in [0.717, 1.165) is 38.2 Å². The highest BCUT2D eigenvalue weighted by atomic mass is 19.4. The number of pyridine rings is 1. The highest BCUT2D eigenvalue weighted by molar-refractivity contribution is 5.80. The first-order valence-electron chi connectivity index (χ1n) is 10.7. The Bertz CT molecular complexity index is 1010. The van der Waals surface area contributed by atoms with Crippen LogP contribution in [0.15, 0.2) is 47.5 Å². The number of carbonyl (C=O) groups excluding carboxylic acids is 1. The molecule has 0 spiro atoms. The lowest BCUT2D eigenvalue weighted by Crippen LogP contribution is -2.44. The van der Waals surface area contributed by atoms with Crippen molar-refractivity contribution in [3.05, 3.63) is 54.2 Å². The number of amides is 1. The van der Waals surface area contributed by atoms with Crippen molar-refractivity contribution in [2.45, 2.75) is 31.9 Å². The molecule has 0 radical (unpaired) electrons. The van der Waals surface area contributed by atoms with Gasteiger partial charge in [0, 0.05) is 50.7 Å². The highest BCUT2D eigenvalue weighted by Crippen LogP contribution is 2.33. The molecule has 0 aliphatic carbocycles. The first-order valence-corrected chi connectivity index (χ1v) is 10.7. The van der Waals surface area contributed by atoms with E-state index >= 15 is 0 Å². The Morgan fingerprint density at radius 2 is 1.62 bits per heavy atom. The van der Waals surface area contributed by atoms with Gasteiger partial charge in [-0.1, -0.05) is 6.07 Å². The minimum absolute atomic E-state index is 0.146. The van der Waals surface area contributed by atoms with Crippen molar-refractivity contribution in [3.8, 4) is 0 Å². The lowest BCUT2D eigenvalue weighted by atomic mass is 9.88. The molecule has 0 bridgehead atoms. The molecule has 2 aliphatic heterocycles. The third kappa shape index (κ3) is 9.40. The Hall–Kier alpha value is -3.62. The van der Waals surface area contributed by atoms with E-state index in [0.29, 0.717) is 18.4 Å². The van der Waals surface area contributed by atoms with Crippen molar-refractivity contribution >= 4 is 17.8 Å². The summed E-state index contributed by atoms with van der Waals surface area (Å²) >= 11 is 0. The molecule has 2 aromatic rings. The lowest BCUT2D eigenvalue weighted by molar-refractivity contribution is -0.193. The zero-order valence-electron chi connectivity index (χ0n) is 19.1. The van der Waals surface area contributed by atoms with Crippen LogP contribution in [0.4, 0.5) is 26.3 Å². The second-order valence-corrected chi connectivity index (χ2v) is 8.21. The van der Waals surface area contributed by atoms with Crippen LogP contribution < -0.4 is 0 Å². The molecule has 9 nitrogen and oxygen atoms in total. The molecule has 37 heavy (non-hydrogen) atoms. The summed E-state index contributed by atoms with van der Waals surface area (Å²) in [7, 11) is 0. The molecule has 2 aliphatic rings. The average molecular weight is 539 g/mol. The number of halogens is 6. The molecular weight excluding hydrogens is 516 g/mol. The summed E-state index contributed by atoms with van der Waals surface area (Å²) in [5.74, 6) is -4.56. The maximum atomic E-state index is 12.8. The van der Waals surface area contributed by atoms with Crippen molar-refractivity contribution in [1.29, 1.82) is 0 Å². The van der Waals surface area contributed by atoms with Crippen molar-refractivity contribution in [2.24, 2.45) is 11.8 Å². The van der Waals surface area contributed by atoms with Gasteiger partial charge in [0.15, 0.2) is 0 Å². The molecule has 15 heteroatoms. The average Bonchev–Trinajstić information content (AvgIpc) is 3.46. The van der Waals surface area contributed by atoms with E-state index in [-0.39, 0.29) is 5.92 Å². The number of carbonyl (C=O) groups is 3. The number of fused-ring (bicyclic) bond motifs is 1. The van der Waals surface area contributed by atoms with Gasteiger partial charge in [-0.2, -0.15) is 26.3 Å². The third-order valence-corrected chi connectivity index (χ3v) is 5.48. The summed E-state index contributed by atoms with van der Waals surface area (Å²) in [5, 5.41) is 14.2. The summed E-state index contributed by atoms with van der Waals surface area (Å²) in [6, 6.07) is 5.96. The summed E-state index contributed by atoms with van der Waals surface area (Å²) < 4.78 is 68.6. The van der Waals surface area contributed by atoms with Crippen LogP contribution in [0.2, 0.25) is 0 Å². The van der Waals surface area contributed by atoms with Crippen LogP contribution in [0.3, 0.4) is 0 Å². The van der Waals surface area contributed by atoms with Gasteiger partial charge in [0.05, 0.1) is 18.4 Å². The molecule has 0 aromatic carbocycles. The van der Waals surface area contributed by atoms with E-state index in [2.05, 4.69) is 9.88 Å². The lowest BCUT2D eigenvalue weighted by Gasteiger charge is -2.33. The minimum Gasteiger partial charge on any atom is -0.475 e. The Kier molecular flexibility index (Phi) is 10.1. The number of furan rings is 1. The van der Waals surface area contributed by atoms with Crippen molar-refractivity contribution in [2.75, 3.05) is 19.6 Å². The van der Waals surface area contributed by atoms with Crippen molar-refractivity contribution in [1.82, 2.24) is 14.8 Å². The summed E-state index contributed by atoms with van der Waals surface area (Å²) in [6.45, 7) is 4.28. The van der Waals surface area contributed by atoms with Gasteiger partial charge in [-0.05, 0) is 30.0 Å². The SMILES string of the molecule is O=C(O)C(F)(F)F.O=C(O)C(F)(F)F.O=C1C2CN(Cc3ccoc3)CC2CCN1Cc1cccnc1. The minimum atomic E-state index is -5.08. The second-order valence-electron chi connectivity index (χ2n) is 8.21. The molecule has 0 saturated carbocycles. The van der Waals surface area contributed by atoms with E-state index in [4.69, 9.17) is 24.2 Å². The first kappa shape index (κ1) is 29.6. The molecule has 1 amide bonds. The summed E-state index contributed by atoms with van der Waals surface area (Å²) in [6.07, 6.45) is -1.96. The second kappa shape index (κ2) is 12.6. The highest BCUT2D eigenvalue weighted by Gasteiger charge is 2.42. The van der Waals surface area contributed by atoms with Crippen LogP contribution in [0.1, 0.15) is 17.5 Å². The number of piperidine rings is 1. The zero-order chi connectivity index (χ0) is 27.8. The van der Waals surface area contributed by atoms with Crippen LogP contribution in [-0.4, -0.2) is 74.8 Å². The Balaban J connectivity index is 0.000000286. The number of carboxylic acid groups (broad SMARTS) is 2. The maximum absolute atomic E-state index is 12.8. The van der Waals surface area contributed by atoms with Crippen LogP contribution in [0.25, 0.3) is 0 Å². The Morgan fingerprint density at radius 3 is 2.11 bits per heavy atom. The number of alkyl halides is 6. The molecule has 2 N–H and O–H groups in total. The molecule has 2 atom stereocenters. The topological polar surface area (TPSA) is 124 Å². The van der Waals surface area contributed by atoms with Gasteiger partial charge >= 0.3 is 24.3 Å². The number of aromatic nitrogens is 1. The molecule has 2 saturated heterocycles. The molecule has 2 unspecified atom stereocenters. The van der Waals surface area contributed by atoms with E-state index in [9.17, 15) is 31.1 Å². The smallest absolute Gasteiger partial charge is 0.475 e. The number of hydrogen-bond donors (Lipinski definition) is 2. The summed E-state index contributed by atoms with van der Waals surface area (Å²) in [5.41, 5.74) is 2.29. The Morgan fingerprint density at radius 1 is 1.00 bits per heavy atom. The maximum Gasteiger partial charge on any atom is 0.490 e. The van der Waals surface area contributed by atoms with E-state index < -0.39 is 24.3 Å². The van der Waals surface area contributed by atoms with Crippen LogP contribution in [0.5, 0.6) is 0 Å². The summed E-state index contributed by atoms with van der Waals surface area (Å²) in [4.78, 5) is 39.1. The third-order valence-electron chi connectivity index (χ3n) is 5.48. The van der Waals surface area contributed by atoms with Gasteiger partial charge in [-0.3, -0.25) is 14.7 Å². The van der Waals surface area contributed by atoms with Gasteiger partial charge in [0.2, 0.25) is 5.91 Å². The number of hydrogen-bond acceptors (Lipinski definition) is 6. The number of aliphatic carboxylic acids is 2. The standard InChI is InChI=1S/C18H21N3O2.2C2HF3O2/c22-18-17-12-20(9-15-4-7-23-13-15)11-16(17)3-6-21(18)10-14-2-1-5-19-8-14;2*3-2(4,5)1(6)7/h1-2,4-5,7-8,13,16-17H,3,6,9-12H2;2*(H,6,7). The molecule has 4 heterocycles. The van der Waals surface area contributed by atoms with Gasteiger partial charge in [-0.25, -0.2) is 9.59 Å². The van der Waals surface area contributed by atoms with Crippen LogP contribution in [-0.2, 0) is 27.5 Å². The van der Waals surface area contributed by atoms with E-state index in [1.54, 1.807) is 18.7 Å². The largest absolute Gasteiger partial charge is 0.490 e. The number of likely N-dealkylation sites (tertiary alicyclic amines) is 2. The van der Waals surface area contributed by atoms with E-state index in [1.165, 1.54) is 5.56 Å². The fourth-order valence-corrected chi connectivity index (χ4v) is 3.84. The molecular formula is C22H23F6N3O6. The van der Waals surface area contributed by atoms with Gasteiger partial charge < -0.3 is 19.5 Å². The van der Waals surface area contributed by atoms with E-state index in [1.807, 2.05) is 29.3 Å². The van der Waals surface area contributed by atoms with Crippen molar-refractivity contribution in [3.63, 3.8) is 0 Å². The van der Waals surface area contributed by atoms with Gasteiger partial charge in [0.1, 0.15) is 0 Å². The first-order chi connectivity index (χ1) is 17.2. The fourth-order valence-electron chi connectivity index (χ4n) is 3.84.